The number of carbonyl (C=O) groups excluding carboxylic acids is 2. The quantitative estimate of drug-likeness (QED) is 0.730. The van der Waals surface area contributed by atoms with Gasteiger partial charge in [-0.3, -0.25) is 9.59 Å². The van der Waals surface area contributed by atoms with Crippen LogP contribution in [0.3, 0.4) is 0 Å². The van der Waals surface area contributed by atoms with Gasteiger partial charge in [0.25, 0.3) is 5.91 Å². The van der Waals surface area contributed by atoms with Crippen LogP contribution in [0.5, 0.6) is 17.2 Å². The Balaban J connectivity index is 1.80. The monoisotopic (exact) mass is 398 g/mol. The third-order valence-corrected chi connectivity index (χ3v) is 4.61. The molecule has 0 aromatic heterocycles. The van der Waals surface area contributed by atoms with Crippen LogP contribution in [0.25, 0.3) is 0 Å². The van der Waals surface area contributed by atoms with E-state index in [-0.39, 0.29) is 11.8 Å². The number of hydrogen-bond acceptors (Lipinski definition) is 5. The van der Waals surface area contributed by atoms with Crippen molar-refractivity contribution in [2.75, 3.05) is 37.1 Å². The molecular formula is C22H26N2O5. The summed E-state index contributed by atoms with van der Waals surface area (Å²) in [5, 5.41) is 2.86. The lowest BCUT2D eigenvalue weighted by Gasteiger charge is -2.19. The molecule has 2 amide bonds. The average molecular weight is 398 g/mol. The molecule has 0 atom stereocenters. The molecule has 1 aliphatic heterocycles. The Morgan fingerprint density at radius 3 is 2.45 bits per heavy atom. The number of nitrogens with one attached hydrogen (secondary N) is 1. The summed E-state index contributed by atoms with van der Waals surface area (Å²) < 4.78 is 16.6. The van der Waals surface area contributed by atoms with E-state index in [9.17, 15) is 9.59 Å². The molecule has 1 N–H and O–H groups in total. The fourth-order valence-corrected chi connectivity index (χ4v) is 3.28. The number of carbonyl (C=O) groups is 2. The van der Waals surface area contributed by atoms with Crippen molar-refractivity contribution in [2.24, 2.45) is 0 Å². The second kappa shape index (κ2) is 9.32. The van der Waals surface area contributed by atoms with Crippen molar-refractivity contribution in [3.05, 3.63) is 42.0 Å². The summed E-state index contributed by atoms with van der Waals surface area (Å²) in [4.78, 5) is 26.5. The first kappa shape index (κ1) is 20.5. The summed E-state index contributed by atoms with van der Waals surface area (Å²) in [7, 11) is 1.55. The molecule has 0 aliphatic carbocycles. The zero-order chi connectivity index (χ0) is 20.8. The van der Waals surface area contributed by atoms with Gasteiger partial charge in [0.2, 0.25) is 5.91 Å². The van der Waals surface area contributed by atoms with Crippen LogP contribution in [-0.2, 0) is 4.79 Å². The van der Waals surface area contributed by atoms with Gasteiger partial charge < -0.3 is 24.4 Å². The Morgan fingerprint density at radius 1 is 1.03 bits per heavy atom. The van der Waals surface area contributed by atoms with Gasteiger partial charge in [-0.1, -0.05) is 0 Å². The van der Waals surface area contributed by atoms with Crippen molar-refractivity contribution < 1.29 is 23.8 Å². The number of methoxy groups -OCH3 is 1. The maximum Gasteiger partial charge on any atom is 0.255 e. The summed E-state index contributed by atoms with van der Waals surface area (Å²) >= 11 is 0. The van der Waals surface area contributed by atoms with Crippen molar-refractivity contribution in [1.29, 1.82) is 0 Å². The minimum absolute atomic E-state index is 0.0814. The van der Waals surface area contributed by atoms with Crippen LogP contribution in [0.1, 0.15) is 37.0 Å². The first-order valence-corrected chi connectivity index (χ1v) is 9.76. The SMILES string of the molecule is CCOc1ccc(C(=O)Nc2ccc(N3CCCC3=O)c(OC)c2)cc1OCC. The molecule has 0 saturated carbocycles. The van der Waals surface area contributed by atoms with Gasteiger partial charge in [0.15, 0.2) is 11.5 Å². The lowest BCUT2D eigenvalue weighted by molar-refractivity contribution is -0.117. The standard InChI is InChI=1S/C22H26N2O5/c1-4-28-18-11-8-15(13-20(18)29-5-2)22(26)23-16-9-10-17(19(14-16)27-3)24-12-6-7-21(24)25/h8-11,13-14H,4-7,12H2,1-3H3,(H,23,26). The summed E-state index contributed by atoms with van der Waals surface area (Å²) in [6.07, 6.45) is 1.38. The fourth-order valence-electron chi connectivity index (χ4n) is 3.28. The van der Waals surface area contributed by atoms with E-state index in [1.165, 1.54) is 0 Å². The highest BCUT2D eigenvalue weighted by atomic mass is 16.5. The van der Waals surface area contributed by atoms with Crippen molar-refractivity contribution in [3.63, 3.8) is 0 Å². The van der Waals surface area contributed by atoms with Gasteiger partial charge in [0, 0.05) is 30.3 Å². The van der Waals surface area contributed by atoms with Gasteiger partial charge in [0.1, 0.15) is 5.75 Å². The minimum atomic E-state index is -0.277. The van der Waals surface area contributed by atoms with E-state index in [0.29, 0.717) is 60.4 Å². The first-order valence-electron chi connectivity index (χ1n) is 9.76. The Bertz CT molecular complexity index is 897. The number of rotatable bonds is 8. The third kappa shape index (κ3) is 4.62. The van der Waals surface area contributed by atoms with Crippen LogP contribution in [0.2, 0.25) is 0 Å². The predicted molar refractivity (Wildman–Crippen MR) is 111 cm³/mol. The van der Waals surface area contributed by atoms with E-state index in [4.69, 9.17) is 14.2 Å². The summed E-state index contributed by atoms with van der Waals surface area (Å²) in [6.45, 7) is 5.42. The molecule has 7 heteroatoms. The van der Waals surface area contributed by atoms with E-state index in [0.717, 1.165) is 6.42 Å². The molecule has 0 unspecified atom stereocenters. The second-order valence-corrected chi connectivity index (χ2v) is 6.52. The van der Waals surface area contributed by atoms with Crippen molar-refractivity contribution in [3.8, 4) is 17.2 Å². The highest BCUT2D eigenvalue weighted by Gasteiger charge is 2.24. The lowest BCUT2D eigenvalue weighted by Crippen LogP contribution is -2.24. The smallest absolute Gasteiger partial charge is 0.255 e. The van der Waals surface area contributed by atoms with Gasteiger partial charge in [-0.15, -0.1) is 0 Å². The number of amides is 2. The van der Waals surface area contributed by atoms with Gasteiger partial charge in [-0.05, 0) is 50.6 Å². The topological polar surface area (TPSA) is 77.1 Å². The van der Waals surface area contributed by atoms with E-state index >= 15 is 0 Å². The van der Waals surface area contributed by atoms with E-state index in [1.54, 1.807) is 48.4 Å². The number of ether oxygens (including phenoxy) is 3. The minimum Gasteiger partial charge on any atom is -0.494 e. The molecule has 0 bridgehead atoms. The molecule has 1 saturated heterocycles. The summed E-state index contributed by atoms with van der Waals surface area (Å²) in [5.74, 6) is 1.48. The Labute approximate surface area is 170 Å². The third-order valence-electron chi connectivity index (χ3n) is 4.61. The highest BCUT2D eigenvalue weighted by molar-refractivity contribution is 6.05. The molecule has 0 spiro atoms. The highest BCUT2D eigenvalue weighted by Crippen LogP contribution is 2.34. The van der Waals surface area contributed by atoms with E-state index < -0.39 is 0 Å². The van der Waals surface area contributed by atoms with Gasteiger partial charge in [0.05, 0.1) is 26.0 Å². The molecule has 154 valence electrons. The zero-order valence-corrected chi connectivity index (χ0v) is 17.0. The maximum absolute atomic E-state index is 12.7. The van der Waals surface area contributed by atoms with Crippen LogP contribution < -0.4 is 24.4 Å². The molecule has 29 heavy (non-hydrogen) atoms. The number of nitrogens with zero attached hydrogens (tertiary/aromatic N) is 1. The molecule has 0 radical (unpaired) electrons. The molecule has 2 aromatic rings. The molecule has 2 aromatic carbocycles. The second-order valence-electron chi connectivity index (χ2n) is 6.52. The molecule has 1 heterocycles. The van der Waals surface area contributed by atoms with Crippen molar-refractivity contribution >= 4 is 23.2 Å². The van der Waals surface area contributed by atoms with Gasteiger partial charge >= 0.3 is 0 Å². The normalized spacial score (nSPS) is 13.3. The molecule has 1 aliphatic rings. The van der Waals surface area contributed by atoms with E-state index in [1.807, 2.05) is 13.8 Å². The summed E-state index contributed by atoms with van der Waals surface area (Å²) in [5.41, 5.74) is 1.75. The molecule has 1 fully saturated rings. The van der Waals surface area contributed by atoms with Crippen LogP contribution >= 0.6 is 0 Å². The molecular weight excluding hydrogens is 372 g/mol. The van der Waals surface area contributed by atoms with Gasteiger partial charge in [-0.25, -0.2) is 0 Å². The van der Waals surface area contributed by atoms with Crippen LogP contribution in [0.15, 0.2) is 36.4 Å². The van der Waals surface area contributed by atoms with Crippen molar-refractivity contribution in [1.82, 2.24) is 0 Å². The zero-order valence-electron chi connectivity index (χ0n) is 17.0. The van der Waals surface area contributed by atoms with Gasteiger partial charge in [-0.2, -0.15) is 0 Å². The fraction of sp³-hybridized carbons (Fsp3) is 0.364. The van der Waals surface area contributed by atoms with Crippen molar-refractivity contribution in [2.45, 2.75) is 26.7 Å². The van der Waals surface area contributed by atoms with Crippen LogP contribution in [-0.4, -0.2) is 38.7 Å². The average Bonchev–Trinajstić information content (AvgIpc) is 3.15. The summed E-state index contributed by atoms with van der Waals surface area (Å²) in [6, 6.07) is 10.4. The number of hydrogen-bond donors (Lipinski definition) is 1. The maximum atomic E-state index is 12.7. The largest absolute Gasteiger partial charge is 0.494 e. The number of benzene rings is 2. The molecule has 7 nitrogen and oxygen atoms in total. The van der Waals surface area contributed by atoms with E-state index in [2.05, 4.69) is 5.32 Å². The predicted octanol–water partition coefficient (Wildman–Crippen LogP) is 3.87. The lowest BCUT2D eigenvalue weighted by atomic mass is 10.1. The van der Waals surface area contributed by atoms with Crippen LogP contribution in [0, 0.1) is 0 Å². The van der Waals surface area contributed by atoms with Crippen LogP contribution in [0.4, 0.5) is 11.4 Å². The Kier molecular flexibility index (Phi) is 6.59. The Morgan fingerprint density at radius 2 is 1.79 bits per heavy atom. The first-order chi connectivity index (χ1) is 14.1. The Hall–Kier alpha value is -3.22. The number of anilines is 2. The molecule has 3 rings (SSSR count).